The molecular formula is C12H17N3O5. The van der Waals surface area contributed by atoms with Gasteiger partial charge in [0.2, 0.25) is 11.7 Å². The third kappa shape index (κ3) is 5.42. The number of amides is 3. The lowest BCUT2D eigenvalue weighted by molar-refractivity contribution is -0.120. The van der Waals surface area contributed by atoms with E-state index in [9.17, 15) is 14.4 Å². The maximum absolute atomic E-state index is 11.4. The third-order valence-corrected chi connectivity index (χ3v) is 2.28. The van der Waals surface area contributed by atoms with Crippen molar-refractivity contribution in [1.82, 2.24) is 16.0 Å². The first-order valence-corrected chi connectivity index (χ1v) is 6.13. The highest BCUT2D eigenvalue weighted by atomic mass is 16.4. The Morgan fingerprint density at radius 1 is 1.20 bits per heavy atom. The molecule has 0 fully saturated rings. The van der Waals surface area contributed by atoms with Gasteiger partial charge in [0.05, 0.1) is 13.1 Å². The van der Waals surface area contributed by atoms with E-state index < -0.39 is 12.0 Å². The summed E-state index contributed by atoms with van der Waals surface area (Å²) >= 11 is 0. The highest BCUT2D eigenvalue weighted by Gasteiger charge is 2.10. The van der Waals surface area contributed by atoms with Crippen molar-refractivity contribution >= 4 is 17.9 Å². The standard InChI is InChI=1S/C12H17N3O5/c1-2-5-13-10(16)7-15-12(19)14-6-8-3-4-9(20-8)11(17)18/h3-4H,2,5-7H2,1H3,(H,13,16)(H,17,18)(H2,14,15,19). The molecule has 0 atom stereocenters. The van der Waals surface area contributed by atoms with Gasteiger partial charge in [0.1, 0.15) is 5.76 Å². The molecule has 0 radical (unpaired) electrons. The minimum Gasteiger partial charge on any atom is -0.475 e. The molecule has 0 aromatic carbocycles. The number of urea groups is 1. The molecule has 110 valence electrons. The first kappa shape index (κ1) is 15.5. The number of carbonyl (C=O) groups excluding carboxylic acids is 2. The summed E-state index contributed by atoms with van der Waals surface area (Å²) in [7, 11) is 0. The molecule has 0 aliphatic heterocycles. The van der Waals surface area contributed by atoms with Crippen LogP contribution in [-0.2, 0) is 11.3 Å². The fourth-order valence-electron chi connectivity index (χ4n) is 1.31. The molecule has 8 nitrogen and oxygen atoms in total. The van der Waals surface area contributed by atoms with E-state index in [1.54, 1.807) is 0 Å². The molecule has 4 N–H and O–H groups in total. The van der Waals surface area contributed by atoms with Crippen LogP contribution < -0.4 is 16.0 Å². The number of carbonyl (C=O) groups is 3. The van der Waals surface area contributed by atoms with E-state index in [4.69, 9.17) is 9.52 Å². The molecule has 20 heavy (non-hydrogen) atoms. The van der Waals surface area contributed by atoms with Gasteiger partial charge in [-0.1, -0.05) is 6.92 Å². The lowest BCUT2D eigenvalue weighted by Crippen LogP contribution is -2.41. The van der Waals surface area contributed by atoms with Crippen LogP contribution in [0.25, 0.3) is 0 Å². The molecule has 3 amide bonds. The molecule has 0 bridgehead atoms. The minimum atomic E-state index is -1.17. The Morgan fingerprint density at radius 3 is 2.55 bits per heavy atom. The molecule has 0 aliphatic rings. The van der Waals surface area contributed by atoms with Crippen LogP contribution in [0.5, 0.6) is 0 Å². The normalized spacial score (nSPS) is 9.85. The van der Waals surface area contributed by atoms with Crippen molar-refractivity contribution < 1.29 is 23.9 Å². The topological polar surface area (TPSA) is 121 Å². The lowest BCUT2D eigenvalue weighted by Gasteiger charge is -2.06. The number of nitrogens with one attached hydrogen (secondary N) is 3. The summed E-state index contributed by atoms with van der Waals surface area (Å²) in [6.07, 6.45) is 0.822. The summed E-state index contributed by atoms with van der Waals surface area (Å²) in [5, 5.41) is 16.1. The fourth-order valence-corrected chi connectivity index (χ4v) is 1.31. The number of carboxylic acids is 1. The van der Waals surface area contributed by atoms with Gasteiger partial charge in [0, 0.05) is 6.54 Å². The van der Waals surface area contributed by atoms with Crippen LogP contribution >= 0.6 is 0 Å². The zero-order valence-electron chi connectivity index (χ0n) is 11.1. The van der Waals surface area contributed by atoms with Crippen LogP contribution in [0.15, 0.2) is 16.5 Å². The van der Waals surface area contributed by atoms with Gasteiger partial charge >= 0.3 is 12.0 Å². The molecule has 1 rings (SSSR count). The molecule has 0 saturated heterocycles. The Morgan fingerprint density at radius 2 is 1.95 bits per heavy atom. The monoisotopic (exact) mass is 283 g/mol. The van der Waals surface area contributed by atoms with Crippen molar-refractivity contribution in [2.24, 2.45) is 0 Å². The number of furan rings is 1. The van der Waals surface area contributed by atoms with Gasteiger partial charge in [-0.3, -0.25) is 4.79 Å². The first-order chi connectivity index (χ1) is 9.52. The van der Waals surface area contributed by atoms with Gasteiger partial charge in [-0.05, 0) is 18.6 Å². The van der Waals surface area contributed by atoms with E-state index in [1.807, 2.05) is 6.92 Å². The Kier molecular flexibility index (Phi) is 6.08. The molecule has 8 heteroatoms. The van der Waals surface area contributed by atoms with E-state index in [0.29, 0.717) is 12.3 Å². The summed E-state index contributed by atoms with van der Waals surface area (Å²) in [4.78, 5) is 33.2. The van der Waals surface area contributed by atoms with E-state index in [-0.39, 0.29) is 24.8 Å². The summed E-state index contributed by atoms with van der Waals surface area (Å²) in [5.74, 6) is -1.32. The van der Waals surface area contributed by atoms with Crippen LogP contribution in [-0.4, -0.2) is 36.1 Å². The predicted molar refractivity (Wildman–Crippen MR) is 69.2 cm³/mol. The zero-order valence-corrected chi connectivity index (χ0v) is 11.1. The zero-order chi connectivity index (χ0) is 15.0. The number of hydrogen-bond donors (Lipinski definition) is 4. The molecule has 0 spiro atoms. The van der Waals surface area contributed by atoms with Gasteiger partial charge in [0.15, 0.2) is 0 Å². The summed E-state index contributed by atoms with van der Waals surface area (Å²) in [6.45, 7) is 2.40. The van der Waals surface area contributed by atoms with Crippen LogP contribution in [0.3, 0.4) is 0 Å². The van der Waals surface area contributed by atoms with Gasteiger partial charge in [-0.2, -0.15) is 0 Å². The smallest absolute Gasteiger partial charge is 0.371 e. The first-order valence-electron chi connectivity index (χ1n) is 6.13. The predicted octanol–water partition coefficient (Wildman–Crippen LogP) is 0.303. The second-order valence-corrected chi connectivity index (χ2v) is 3.96. The number of rotatable bonds is 7. The van der Waals surface area contributed by atoms with Crippen molar-refractivity contribution in [1.29, 1.82) is 0 Å². The molecular weight excluding hydrogens is 266 g/mol. The summed E-state index contributed by atoms with van der Waals surface area (Å²) in [5.41, 5.74) is 0. The maximum atomic E-state index is 11.4. The van der Waals surface area contributed by atoms with Crippen molar-refractivity contribution in [3.05, 3.63) is 23.7 Å². The number of hydrogen-bond acceptors (Lipinski definition) is 4. The molecule has 0 saturated carbocycles. The SMILES string of the molecule is CCCNC(=O)CNC(=O)NCc1ccc(C(=O)O)o1. The van der Waals surface area contributed by atoms with Gasteiger partial charge in [0.25, 0.3) is 0 Å². The van der Waals surface area contributed by atoms with Gasteiger partial charge < -0.3 is 25.5 Å². The highest BCUT2D eigenvalue weighted by Crippen LogP contribution is 2.07. The fraction of sp³-hybridized carbons (Fsp3) is 0.417. The van der Waals surface area contributed by atoms with E-state index in [2.05, 4.69) is 16.0 Å². The van der Waals surface area contributed by atoms with Crippen molar-refractivity contribution in [2.45, 2.75) is 19.9 Å². The Labute approximate surface area is 115 Å². The quantitative estimate of drug-likeness (QED) is 0.573. The molecule has 1 aromatic heterocycles. The van der Waals surface area contributed by atoms with Gasteiger partial charge in [-0.15, -0.1) is 0 Å². The third-order valence-electron chi connectivity index (χ3n) is 2.28. The van der Waals surface area contributed by atoms with E-state index >= 15 is 0 Å². The van der Waals surface area contributed by atoms with Crippen molar-refractivity contribution in [3.8, 4) is 0 Å². The largest absolute Gasteiger partial charge is 0.475 e. The second-order valence-electron chi connectivity index (χ2n) is 3.96. The lowest BCUT2D eigenvalue weighted by atomic mass is 10.4. The molecule has 1 aromatic rings. The highest BCUT2D eigenvalue weighted by molar-refractivity contribution is 5.84. The average molecular weight is 283 g/mol. The molecule has 0 aliphatic carbocycles. The Hall–Kier alpha value is -2.51. The van der Waals surface area contributed by atoms with Crippen molar-refractivity contribution in [2.75, 3.05) is 13.1 Å². The number of aromatic carboxylic acids is 1. The minimum absolute atomic E-state index is 0.0374. The van der Waals surface area contributed by atoms with E-state index in [1.165, 1.54) is 12.1 Å². The maximum Gasteiger partial charge on any atom is 0.371 e. The summed E-state index contributed by atoms with van der Waals surface area (Å²) in [6, 6.07) is 2.22. The van der Waals surface area contributed by atoms with Crippen molar-refractivity contribution in [3.63, 3.8) is 0 Å². The molecule has 0 unspecified atom stereocenters. The second kappa shape index (κ2) is 7.82. The van der Waals surface area contributed by atoms with Crippen LogP contribution in [0.2, 0.25) is 0 Å². The van der Waals surface area contributed by atoms with Gasteiger partial charge in [-0.25, -0.2) is 9.59 Å². The number of carboxylic acid groups (broad SMARTS) is 1. The van der Waals surface area contributed by atoms with Crippen LogP contribution in [0.1, 0.15) is 29.7 Å². The van der Waals surface area contributed by atoms with Crippen LogP contribution in [0.4, 0.5) is 4.79 Å². The van der Waals surface area contributed by atoms with E-state index in [0.717, 1.165) is 6.42 Å². The summed E-state index contributed by atoms with van der Waals surface area (Å²) < 4.78 is 4.95. The Bertz CT molecular complexity index is 483. The average Bonchev–Trinajstić information content (AvgIpc) is 2.89. The van der Waals surface area contributed by atoms with Crippen LogP contribution in [0, 0.1) is 0 Å². The Balaban J connectivity index is 2.25. The molecule has 1 heterocycles.